The smallest absolute Gasteiger partial charge is 0.262 e. The maximum absolute atomic E-state index is 12.4. The van der Waals surface area contributed by atoms with E-state index in [0.29, 0.717) is 22.1 Å². The number of aryl methyl sites for hydroxylation is 1. The lowest BCUT2D eigenvalue weighted by atomic mass is 10.1. The molecule has 6 nitrogen and oxygen atoms in total. The Kier molecular flexibility index (Phi) is 4.67. The molecule has 136 valence electrons. The third kappa shape index (κ3) is 3.72. The molecule has 0 atom stereocenters. The van der Waals surface area contributed by atoms with Gasteiger partial charge in [0.15, 0.2) is 11.7 Å². The summed E-state index contributed by atoms with van der Waals surface area (Å²) in [4.78, 5) is 29.4. The number of nitrogens with one attached hydrogen (secondary N) is 2. The molecular weight excluding hydrogens is 430 g/mol. The lowest BCUT2D eigenvalue weighted by molar-refractivity contribution is -0.118. The number of carbonyl (C=O) groups is 2. The molecule has 4 rings (SSSR count). The van der Waals surface area contributed by atoms with Crippen LogP contribution < -0.4 is 15.4 Å². The Morgan fingerprint density at radius 1 is 1.26 bits per heavy atom. The highest BCUT2D eigenvalue weighted by molar-refractivity contribution is 9.10. The number of rotatable bonds is 3. The average Bonchev–Trinajstić information content (AvgIpc) is 3.01. The molecule has 2 heterocycles. The summed E-state index contributed by atoms with van der Waals surface area (Å²) < 4.78 is 6.29. The van der Waals surface area contributed by atoms with Gasteiger partial charge in [-0.2, -0.15) is 0 Å². The number of aromatic nitrogens is 1. The van der Waals surface area contributed by atoms with E-state index in [9.17, 15) is 9.59 Å². The van der Waals surface area contributed by atoms with Crippen LogP contribution in [0.3, 0.4) is 0 Å². The predicted molar refractivity (Wildman–Crippen MR) is 109 cm³/mol. The molecule has 0 fully saturated rings. The molecule has 2 aromatic carbocycles. The summed E-state index contributed by atoms with van der Waals surface area (Å²) in [6.07, 6.45) is 0. The van der Waals surface area contributed by atoms with Crippen LogP contribution in [0.1, 0.15) is 15.2 Å². The minimum Gasteiger partial charge on any atom is -0.482 e. The number of nitrogens with zero attached hydrogens (tertiary/aromatic N) is 1. The quantitative estimate of drug-likeness (QED) is 0.625. The zero-order valence-corrected chi connectivity index (χ0v) is 16.6. The van der Waals surface area contributed by atoms with Crippen LogP contribution in [0.4, 0.5) is 10.8 Å². The SMILES string of the molecule is Cc1sc(NC(=O)c2ccc(Br)cc2)nc1-c1ccc2c(c1)NC(=O)CO2. The Labute approximate surface area is 167 Å². The van der Waals surface area contributed by atoms with Gasteiger partial charge < -0.3 is 10.1 Å². The van der Waals surface area contributed by atoms with Crippen LogP contribution in [0.2, 0.25) is 0 Å². The van der Waals surface area contributed by atoms with Crippen LogP contribution in [0.5, 0.6) is 5.75 Å². The van der Waals surface area contributed by atoms with Crippen molar-refractivity contribution in [3.63, 3.8) is 0 Å². The number of carbonyl (C=O) groups excluding carboxylic acids is 2. The monoisotopic (exact) mass is 443 g/mol. The van der Waals surface area contributed by atoms with Gasteiger partial charge in [-0.15, -0.1) is 11.3 Å². The van der Waals surface area contributed by atoms with Crippen molar-refractivity contribution in [1.29, 1.82) is 0 Å². The molecule has 1 aromatic heterocycles. The topological polar surface area (TPSA) is 80.3 Å². The molecule has 8 heteroatoms. The number of thiazole rings is 1. The molecule has 1 aliphatic heterocycles. The first-order valence-corrected chi connectivity index (χ1v) is 9.72. The number of hydrogen-bond donors (Lipinski definition) is 2. The fraction of sp³-hybridized carbons (Fsp3) is 0.105. The summed E-state index contributed by atoms with van der Waals surface area (Å²) >= 11 is 4.76. The summed E-state index contributed by atoms with van der Waals surface area (Å²) in [6, 6.07) is 12.6. The first-order valence-electron chi connectivity index (χ1n) is 8.11. The van der Waals surface area contributed by atoms with E-state index in [1.807, 2.05) is 37.3 Å². The molecule has 0 saturated carbocycles. The second kappa shape index (κ2) is 7.13. The van der Waals surface area contributed by atoms with Crippen molar-refractivity contribution in [3.05, 3.63) is 57.4 Å². The largest absolute Gasteiger partial charge is 0.482 e. The molecule has 27 heavy (non-hydrogen) atoms. The number of fused-ring (bicyclic) bond motifs is 1. The Morgan fingerprint density at radius 2 is 2.04 bits per heavy atom. The van der Waals surface area contributed by atoms with Gasteiger partial charge in [0.05, 0.1) is 11.4 Å². The van der Waals surface area contributed by atoms with Gasteiger partial charge in [0.1, 0.15) is 5.75 Å². The number of benzene rings is 2. The molecule has 0 unspecified atom stereocenters. The predicted octanol–water partition coefficient (Wildman–Crippen LogP) is 4.46. The zero-order valence-electron chi connectivity index (χ0n) is 14.2. The number of amides is 2. The van der Waals surface area contributed by atoms with E-state index in [1.165, 1.54) is 11.3 Å². The van der Waals surface area contributed by atoms with Crippen LogP contribution in [-0.2, 0) is 4.79 Å². The fourth-order valence-corrected chi connectivity index (χ4v) is 3.81. The number of halogens is 1. The van der Waals surface area contributed by atoms with Crippen molar-refractivity contribution in [2.24, 2.45) is 0 Å². The average molecular weight is 444 g/mol. The Bertz CT molecular complexity index is 1050. The van der Waals surface area contributed by atoms with Crippen molar-refractivity contribution in [2.45, 2.75) is 6.92 Å². The number of anilines is 2. The zero-order chi connectivity index (χ0) is 19.0. The molecule has 0 saturated heterocycles. The van der Waals surface area contributed by atoms with Crippen molar-refractivity contribution in [1.82, 2.24) is 4.98 Å². The van der Waals surface area contributed by atoms with E-state index in [2.05, 4.69) is 31.5 Å². The van der Waals surface area contributed by atoms with Crippen LogP contribution in [-0.4, -0.2) is 23.4 Å². The molecule has 3 aromatic rings. The molecular formula is C19H14BrN3O3S. The number of ether oxygens (including phenoxy) is 1. The minimum absolute atomic E-state index is 0.0221. The summed E-state index contributed by atoms with van der Waals surface area (Å²) in [5.74, 6) is 0.237. The van der Waals surface area contributed by atoms with Gasteiger partial charge in [-0.3, -0.25) is 14.9 Å². The van der Waals surface area contributed by atoms with E-state index < -0.39 is 0 Å². The summed E-state index contributed by atoms with van der Waals surface area (Å²) in [6.45, 7) is 1.96. The van der Waals surface area contributed by atoms with Gasteiger partial charge in [0, 0.05) is 20.5 Å². The Morgan fingerprint density at radius 3 is 2.81 bits per heavy atom. The van der Waals surface area contributed by atoms with Crippen LogP contribution in [0.15, 0.2) is 46.9 Å². The Hall–Kier alpha value is -2.71. The lowest BCUT2D eigenvalue weighted by Gasteiger charge is -2.18. The third-order valence-corrected chi connectivity index (χ3v) is 5.42. The molecule has 0 bridgehead atoms. The summed E-state index contributed by atoms with van der Waals surface area (Å²) in [5, 5.41) is 6.15. The number of hydrogen-bond acceptors (Lipinski definition) is 5. The van der Waals surface area contributed by atoms with E-state index in [-0.39, 0.29) is 18.4 Å². The second-order valence-electron chi connectivity index (χ2n) is 5.93. The summed E-state index contributed by atoms with van der Waals surface area (Å²) in [5.41, 5.74) is 2.78. The van der Waals surface area contributed by atoms with Gasteiger partial charge in [0.2, 0.25) is 0 Å². The Balaban J connectivity index is 1.58. The van der Waals surface area contributed by atoms with E-state index in [0.717, 1.165) is 20.6 Å². The van der Waals surface area contributed by atoms with Gasteiger partial charge in [-0.05, 0) is 49.4 Å². The van der Waals surface area contributed by atoms with Crippen molar-refractivity contribution < 1.29 is 14.3 Å². The third-order valence-electron chi connectivity index (χ3n) is 4.01. The standard InChI is InChI=1S/C19H14BrN3O3S/c1-10-17(12-4-7-15-14(8-12)21-16(24)9-26-15)22-19(27-10)23-18(25)11-2-5-13(20)6-3-11/h2-8H,9H2,1H3,(H,21,24)(H,22,23,25). The highest BCUT2D eigenvalue weighted by atomic mass is 79.9. The second-order valence-corrected chi connectivity index (χ2v) is 8.05. The molecule has 0 spiro atoms. The maximum Gasteiger partial charge on any atom is 0.262 e. The van der Waals surface area contributed by atoms with Gasteiger partial charge in [-0.25, -0.2) is 4.98 Å². The molecule has 1 aliphatic rings. The fourth-order valence-electron chi connectivity index (χ4n) is 2.72. The van der Waals surface area contributed by atoms with Crippen LogP contribution in [0.25, 0.3) is 11.3 Å². The first kappa shape index (κ1) is 17.7. The highest BCUT2D eigenvalue weighted by Crippen LogP contribution is 2.36. The van der Waals surface area contributed by atoms with Gasteiger partial charge in [-0.1, -0.05) is 15.9 Å². The normalized spacial score (nSPS) is 12.7. The van der Waals surface area contributed by atoms with Gasteiger partial charge >= 0.3 is 0 Å². The summed E-state index contributed by atoms with van der Waals surface area (Å²) in [7, 11) is 0. The lowest BCUT2D eigenvalue weighted by Crippen LogP contribution is -2.25. The van der Waals surface area contributed by atoms with E-state index in [4.69, 9.17) is 4.74 Å². The van der Waals surface area contributed by atoms with E-state index in [1.54, 1.807) is 12.1 Å². The van der Waals surface area contributed by atoms with Crippen LogP contribution >= 0.6 is 27.3 Å². The highest BCUT2D eigenvalue weighted by Gasteiger charge is 2.19. The van der Waals surface area contributed by atoms with E-state index >= 15 is 0 Å². The van der Waals surface area contributed by atoms with Crippen LogP contribution in [0, 0.1) is 6.92 Å². The first-order chi connectivity index (χ1) is 13.0. The minimum atomic E-state index is -0.214. The maximum atomic E-state index is 12.4. The van der Waals surface area contributed by atoms with Gasteiger partial charge in [0.25, 0.3) is 11.8 Å². The molecule has 2 N–H and O–H groups in total. The molecule has 0 aliphatic carbocycles. The molecule has 2 amide bonds. The molecule has 0 radical (unpaired) electrons. The van der Waals surface area contributed by atoms with Crippen molar-refractivity contribution in [3.8, 4) is 17.0 Å². The van der Waals surface area contributed by atoms with Crippen molar-refractivity contribution in [2.75, 3.05) is 17.2 Å². The van der Waals surface area contributed by atoms with Crippen molar-refractivity contribution >= 4 is 49.9 Å².